The van der Waals surface area contributed by atoms with Gasteiger partial charge in [0.2, 0.25) is 10.0 Å². The Morgan fingerprint density at radius 2 is 2.06 bits per heavy atom. The van der Waals surface area contributed by atoms with Crippen LogP contribution in [0.5, 0.6) is 0 Å². The summed E-state index contributed by atoms with van der Waals surface area (Å²) in [6.07, 6.45) is 1.87. The van der Waals surface area contributed by atoms with Crippen LogP contribution in [-0.2, 0) is 10.0 Å². The van der Waals surface area contributed by atoms with Crippen molar-refractivity contribution in [2.24, 2.45) is 0 Å². The fraction of sp³-hybridized carbons (Fsp3) is 0.500. The van der Waals surface area contributed by atoms with Gasteiger partial charge in [-0.1, -0.05) is 18.2 Å². The van der Waals surface area contributed by atoms with E-state index >= 15 is 0 Å². The number of hydrogen-bond donors (Lipinski definition) is 0. The van der Waals surface area contributed by atoms with Gasteiger partial charge >= 0.3 is 0 Å². The van der Waals surface area contributed by atoms with Gasteiger partial charge in [-0.05, 0) is 12.5 Å². The molecule has 0 unspecified atom stereocenters. The molecule has 0 aliphatic carbocycles. The second-order valence-electron chi connectivity index (χ2n) is 4.33. The lowest BCUT2D eigenvalue weighted by atomic mass is 10.1. The molecule has 6 heteroatoms. The molecular formula is C12H16FNO2S2. The van der Waals surface area contributed by atoms with Crippen molar-refractivity contribution >= 4 is 21.8 Å². The predicted molar refractivity (Wildman–Crippen MR) is 72.6 cm³/mol. The summed E-state index contributed by atoms with van der Waals surface area (Å²) in [6.45, 7) is 0.972. The first kappa shape index (κ1) is 13.8. The molecule has 3 nitrogen and oxygen atoms in total. The Bertz CT molecular complexity index is 519. The molecule has 1 fully saturated rings. The number of benzene rings is 1. The van der Waals surface area contributed by atoms with Gasteiger partial charge in [0.25, 0.3) is 0 Å². The standard InChI is InChI=1S/C12H16FNO2S2/c1-18(15,16)14-7-6-12(17-9-8-14)10-4-2-3-5-11(10)13/h2-5,12H,6-9H2,1H3/t12-/m0/s1. The molecule has 1 aromatic rings. The van der Waals surface area contributed by atoms with Gasteiger partial charge < -0.3 is 0 Å². The fourth-order valence-corrected chi connectivity index (χ4v) is 4.29. The van der Waals surface area contributed by atoms with E-state index in [1.807, 2.05) is 6.07 Å². The highest BCUT2D eigenvalue weighted by Crippen LogP contribution is 2.35. The van der Waals surface area contributed by atoms with E-state index in [1.54, 1.807) is 23.9 Å². The van der Waals surface area contributed by atoms with Gasteiger partial charge in [0, 0.05) is 29.7 Å². The van der Waals surface area contributed by atoms with Crippen LogP contribution in [0.25, 0.3) is 0 Å². The fourth-order valence-electron chi connectivity index (χ4n) is 2.07. The van der Waals surface area contributed by atoms with Crippen molar-refractivity contribution in [3.63, 3.8) is 0 Å². The molecule has 1 atom stereocenters. The van der Waals surface area contributed by atoms with Gasteiger partial charge in [0.15, 0.2) is 0 Å². The number of sulfonamides is 1. The summed E-state index contributed by atoms with van der Waals surface area (Å²) in [5.41, 5.74) is 0.679. The zero-order chi connectivity index (χ0) is 13.2. The molecular weight excluding hydrogens is 273 g/mol. The smallest absolute Gasteiger partial charge is 0.211 e. The van der Waals surface area contributed by atoms with Crippen LogP contribution in [-0.4, -0.2) is 37.8 Å². The molecule has 1 aromatic carbocycles. The lowest BCUT2D eigenvalue weighted by Crippen LogP contribution is -2.31. The summed E-state index contributed by atoms with van der Waals surface area (Å²) < 4.78 is 38.1. The highest BCUT2D eigenvalue weighted by Gasteiger charge is 2.25. The Labute approximate surface area is 111 Å². The molecule has 2 rings (SSSR count). The summed E-state index contributed by atoms with van der Waals surface area (Å²) in [6, 6.07) is 6.72. The highest BCUT2D eigenvalue weighted by atomic mass is 32.2. The third-order valence-electron chi connectivity index (χ3n) is 3.02. The van der Waals surface area contributed by atoms with Gasteiger partial charge in [0.05, 0.1) is 6.26 Å². The molecule has 1 aliphatic heterocycles. The van der Waals surface area contributed by atoms with Crippen LogP contribution in [0.3, 0.4) is 0 Å². The molecule has 0 bridgehead atoms. The van der Waals surface area contributed by atoms with E-state index in [1.165, 1.54) is 16.6 Å². The van der Waals surface area contributed by atoms with Crippen LogP contribution < -0.4 is 0 Å². The molecule has 0 radical (unpaired) electrons. The SMILES string of the molecule is CS(=O)(=O)N1CCS[C@H](c2ccccc2F)CC1. The molecule has 0 amide bonds. The minimum atomic E-state index is -3.14. The van der Waals surface area contributed by atoms with Gasteiger partial charge in [-0.2, -0.15) is 11.8 Å². The van der Waals surface area contributed by atoms with Crippen LogP contribution in [0.15, 0.2) is 24.3 Å². The average molecular weight is 289 g/mol. The van der Waals surface area contributed by atoms with Crippen molar-refractivity contribution in [2.45, 2.75) is 11.7 Å². The Morgan fingerprint density at radius 3 is 2.72 bits per heavy atom. The van der Waals surface area contributed by atoms with Crippen LogP contribution >= 0.6 is 11.8 Å². The Morgan fingerprint density at radius 1 is 1.33 bits per heavy atom. The average Bonchev–Trinajstić information content (AvgIpc) is 2.54. The van der Waals surface area contributed by atoms with Crippen molar-refractivity contribution < 1.29 is 12.8 Å². The zero-order valence-electron chi connectivity index (χ0n) is 10.2. The number of nitrogens with zero attached hydrogens (tertiary/aromatic N) is 1. The topological polar surface area (TPSA) is 37.4 Å². The predicted octanol–water partition coefficient (Wildman–Crippen LogP) is 2.27. The Balaban J connectivity index is 2.13. The van der Waals surface area contributed by atoms with E-state index in [4.69, 9.17) is 0 Å². The van der Waals surface area contributed by atoms with Crippen molar-refractivity contribution in [2.75, 3.05) is 25.1 Å². The number of thioether (sulfide) groups is 1. The van der Waals surface area contributed by atoms with Gasteiger partial charge in [-0.25, -0.2) is 17.1 Å². The number of rotatable bonds is 2. The molecule has 0 N–H and O–H groups in total. The van der Waals surface area contributed by atoms with E-state index in [0.29, 0.717) is 30.8 Å². The summed E-state index contributed by atoms with van der Waals surface area (Å²) in [7, 11) is -3.14. The van der Waals surface area contributed by atoms with Crippen LogP contribution in [0.2, 0.25) is 0 Å². The molecule has 0 saturated carbocycles. The maximum Gasteiger partial charge on any atom is 0.211 e. The first-order valence-electron chi connectivity index (χ1n) is 5.79. The van der Waals surface area contributed by atoms with Crippen molar-refractivity contribution in [3.05, 3.63) is 35.6 Å². The minimum Gasteiger partial charge on any atom is -0.213 e. The van der Waals surface area contributed by atoms with Gasteiger partial charge in [-0.3, -0.25) is 0 Å². The largest absolute Gasteiger partial charge is 0.213 e. The van der Waals surface area contributed by atoms with E-state index in [-0.39, 0.29) is 11.1 Å². The summed E-state index contributed by atoms with van der Waals surface area (Å²) in [5, 5.41) is 0.0398. The van der Waals surface area contributed by atoms with Crippen LogP contribution in [0.4, 0.5) is 4.39 Å². The van der Waals surface area contributed by atoms with Crippen LogP contribution in [0.1, 0.15) is 17.2 Å². The first-order valence-corrected chi connectivity index (χ1v) is 8.69. The second-order valence-corrected chi connectivity index (χ2v) is 7.62. The number of hydrogen-bond acceptors (Lipinski definition) is 3. The minimum absolute atomic E-state index is 0.0398. The summed E-state index contributed by atoms with van der Waals surface area (Å²) in [4.78, 5) is 0. The molecule has 18 heavy (non-hydrogen) atoms. The van der Waals surface area contributed by atoms with E-state index < -0.39 is 10.0 Å². The lowest BCUT2D eigenvalue weighted by Gasteiger charge is -2.17. The zero-order valence-corrected chi connectivity index (χ0v) is 11.8. The van der Waals surface area contributed by atoms with Gasteiger partial charge in [-0.15, -0.1) is 0 Å². The van der Waals surface area contributed by atoms with Gasteiger partial charge in [0.1, 0.15) is 5.82 Å². The third-order valence-corrected chi connectivity index (χ3v) is 5.63. The molecule has 100 valence electrons. The maximum atomic E-state index is 13.7. The Kier molecular flexibility index (Phi) is 4.29. The lowest BCUT2D eigenvalue weighted by molar-refractivity contribution is 0.431. The second kappa shape index (κ2) is 5.59. The quantitative estimate of drug-likeness (QED) is 0.838. The molecule has 1 saturated heterocycles. The van der Waals surface area contributed by atoms with Crippen molar-refractivity contribution in [3.8, 4) is 0 Å². The molecule has 0 aromatic heterocycles. The Hall–Kier alpha value is -0.590. The summed E-state index contributed by atoms with van der Waals surface area (Å²) >= 11 is 1.63. The first-order chi connectivity index (χ1) is 8.48. The van der Waals surface area contributed by atoms with Crippen molar-refractivity contribution in [1.29, 1.82) is 0 Å². The van der Waals surface area contributed by atoms with Crippen molar-refractivity contribution in [1.82, 2.24) is 4.31 Å². The summed E-state index contributed by atoms with van der Waals surface area (Å²) in [5.74, 6) is 0.495. The highest BCUT2D eigenvalue weighted by molar-refractivity contribution is 7.99. The van der Waals surface area contributed by atoms with E-state index in [0.717, 1.165) is 0 Å². The molecule has 1 aliphatic rings. The molecule has 0 spiro atoms. The van der Waals surface area contributed by atoms with Crippen LogP contribution in [0, 0.1) is 5.82 Å². The molecule has 1 heterocycles. The normalized spacial score (nSPS) is 22.7. The van der Waals surface area contributed by atoms with E-state index in [9.17, 15) is 12.8 Å². The monoisotopic (exact) mass is 289 g/mol. The maximum absolute atomic E-state index is 13.7. The number of halogens is 1. The third kappa shape index (κ3) is 3.24. The van der Waals surface area contributed by atoms with E-state index in [2.05, 4.69) is 0 Å².